The van der Waals surface area contributed by atoms with Crippen LogP contribution in [0.3, 0.4) is 0 Å². The van der Waals surface area contributed by atoms with Crippen LogP contribution >= 0.6 is 0 Å². The number of aryl methyl sites for hydroxylation is 2. The third-order valence-corrected chi connectivity index (χ3v) is 5.14. The van der Waals surface area contributed by atoms with Crippen molar-refractivity contribution in [3.8, 4) is 0 Å². The Bertz CT molecular complexity index is 458. The van der Waals surface area contributed by atoms with Crippen LogP contribution in [0.25, 0.3) is 0 Å². The molecule has 0 aromatic carbocycles. The summed E-state index contributed by atoms with van der Waals surface area (Å²) in [7, 11) is 1.82. The molecule has 3 rings (SSSR count). The van der Waals surface area contributed by atoms with Gasteiger partial charge in [-0.1, -0.05) is 5.16 Å². The van der Waals surface area contributed by atoms with Gasteiger partial charge in [0.15, 0.2) is 0 Å². The summed E-state index contributed by atoms with van der Waals surface area (Å²) in [6.45, 7) is 7.90. The average Bonchev–Trinajstić information content (AvgIpc) is 2.82. The van der Waals surface area contributed by atoms with Crippen LogP contribution in [0.4, 0.5) is 0 Å². The van der Waals surface area contributed by atoms with Crippen molar-refractivity contribution in [2.75, 3.05) is 26.8 Å². The summed E-state index contributed by atoms with van der Waals surface area (Å²) in [5, 5.41) is 4.04. The first-order valence-electron chi connectivity index (χ1n) is 7.95. The van der Waals surface area contributed by atoms with Crippen LogP contribution in [0.1, 0.15) is 42.7 Å². The van der Waals surface area contributed by atoms with Crippen LogP contribution in [0, 0.1) is 13.8 Å². The predicted octanol–water partition coefficient (Wildman–Crippen LogP) is 2.45. The van der Waals surface area contributed by atoms with E-state index in [1.807, 2.05) is 21.0 Å². The van der Waals surface area contributed by atoms with Crippen molar-refractivity contribution < 1.29 is 14.0 Å². The molecule has 1 spiro atoms. The zero-order valence-electron chi connectivity index (χ0n) is 13.4. The van der Waals surface area contributed by atoms with Crippen LogP contribution in [0.2, 0.25) is 0 Å². The molecule has 2 aliphatic rings. The summed E-state index contributed by atoms with van der Waals surface area (Å²) < 4.78 is 17.1. The molecule has 5 nitrogen and oxygen atoms in total. The topological polar surface area (TPSA) is 47.7 Å². The molecule has 1 aromatic rings. The first kappa shape index (κ1) is 15.0. The first-order valence-corrected chi connectivity index (χ1v) is 7.95. The Kier molecular flexibility index (Phi) is 4.33. The molecule has 0 radical (unpaired) electrons. The second-order valence-corrected chi connectivity index (χ2v) is 6.36. The number of ether oxygens (including phenoxy) is 2. The number of hydrogen-bond acceptors (Lipinski definition) is 5. The van der Waals surface area contributed by atoms with Gasteiger partial charge < -0.3 is 14.0 Å². The maximum atomic E-state index is 6.16. The van der Waals surface area contributed by atoms with Crippen LogP contribution in [0.15, 0.2) is 4.52 Å². The number of nitrogens with zero attached hydrogens (tertiary/aromatic N) is 2. The molecule has 2 fully saturated rings. The molecule has 118 valence electrons. The normalized spacial score (nSPS) is 26.3. The molecule has 5 heteroatoms. The largest absolute Gasteiger partial charge is 0.378 e. The molecule has 0 amide bonds. The molecule has 21 heavy (non-hydrogen) atoms. The Balaban J connectivity index is 1.62. The fourth-order valence-electron chi connectivity index (χ4n) is 3.74. The highest BCUT2D eigenvalue weighted by Crippen LogP contribution is 2.37. The molecule has 3 heterocycles. The summed E-state index contributed by atoms with van der Waals surface area (Å²) in [6, 6.07) is 0. The number of rotatable bonds is 3. The van der Waals surface area contributed by atoms with Crippen molar-refractivity contribution in [2.45, 2.75) is 57.8 Å². The van der Waals surface area contributed by atoms with Gasteiger partial charge in [-0.15, -0.1) is 0 Å². The number of hydrogen-bond donors (Lipinski definition) is 0. The third-order valence-electron chi connectivity index (χ3n) is 5.14. The van der Waals surface area contributed by atoms with Crippen molar-refractivity contribution >= 4 is 0 Å². The maximum Gasteiger partial charge on any atom is 0.138 e. The number of aromatic nitrogens is 1. The van der Waals surface area contributed by atoms with Gasteiger partial charge in [0, 0.05) is 38.9 Å². The Labute approximate surface area is 126 Å². The Morgan fingerprint density at radius 3 is 2.71 bits per heavy atom. The monoisotopic (exact) mass is 294 g/mol. The van der Waals surface area contributed by atoms with E-state index in [9.17, 15) is 0 Å². The average molecular weight is 294 g/mol. The lowest BCUT2D eigenvalue weighted by molar-refractivity contribution is -0.186. The van der Waals surface area contributed by atoms with Crippen LogP contribution in [-0.2, 0) is 16.0 Å². The minimum absolute atomic E-state index is 0.0533. The number of methoxy groups -OCH3 is 1. The lowest BCUT2D eigenvalue weighted by Crippen LogP contribution is -2.55. The Morgan fingerprint density at radius 1 is 1.33 bits per heavy atom. The summed E-state index contributed by atoms with van der Waals surface area (Å²) in [6.07, 6.45) is 4.60. The van der Waals surface area contributed by atoms with Gasteiger partial charge in [-0.05, 0) is 39.5 Å². The fourth-order valence-corrected chi connectivity index (χ4v) is 3.74. The van der Waals surface area contributed by atoms with Crippen LogP contribution in [-0.4, -0.2) is 48.6 Å². The van der Waals surface area contributed by atoms with Gasteiger partial charge >= 0.3 is 0 Å². The van der Waals surface area contributed by atoms with Gasteiger partial charge in [0.05, 0.1) is 17.4 Å². The van der Waals surface area contributed by atoms with E-state index in [0.717, 1.165) is 63.4 Å². The summed E-state index contributed by atoms with van der Waals surface area (Å²) >= 11 is 0. The van der Waals surface area contributed by atoms with Gasteiger partial charge in [-0.3, -0.25) is 4.90 Å². The zero-order valence-corrected chi connectivity index (χ0v) is 13.4. The minimum atomic E-state index is -0.0533. The highest BCUT2D eigenvalue weighted by atomic mass is 16.5. The van der Waals surface area contributed by atoms with Crippen molar-refractivity contribution in [1.82, 2.24) is 10.1 Å². The van der Waals surface area contributed by atoms with E-state index in [0.29, 0.717) is 0 Å². The molecule has 1 atom stereocenters. The molecular weight excluding hydrogens is 268 g/mol. The third kappa shape index (κ3) is 2.87. The lowest BCUT2D eigenvalue weighted by Gasteiger charge is -2.48. The van der Waals surface area contributed by atoms with E-state index in [1.54, 1.807) is 0 Å². The van der Waals surface area contributed by atoms with Gasteiger partial charge in [-0.2, -0.15) is 0 Å². The number of likely N-dealkylation sites (tertiary alicyclic amines) is 1. The van der Waals surface area contributed by atoms with E-state index in [4.69, 9.17) is 14.0 Å². The molecule has 2 aliphatic heterocycles. The van der Waals surface area contributed by atoms with Crippen molar-refractivity contribution in [3.05, 3.63) is 17.0 Å². The smallest absolute Gasteiger partial charge is 0.138 e. The Morgan fingerprint density at radius 2 is 2.10 bits per heavy atom. The first-order chi connectivity index (χ1) is 10.1. The van der Waals surface area contributed by atoms with Crippen molar-refractivity contribution in [2.24, 2.45) is 0 Å². The van der Waals surface area contributed by atoms with Crippen molar-refractivity contribution in [3.63, 3.8) is 0 Å². The van der Waals surface area contributed by atoms with Crippen molar-refractivity contribution in [1.29, 1.82) is 0 Å². The molecule has 0 aliphatic carbocycles. The summed E-state index contributed by atoms with van der Waals surface area (Å²) in [5.41, 5.74) is 2.19. The molecule has 1 unspecified atom stereocenters. The standard InChI is InChI=1S/C16H26N2O3/c1-12-14(13(2)21-17-12)11-18-8-6-16(7-9-18)15(19-3)5-4-10-20-16/h15H,4-11H2,1-3H3. The molecular formula is C16H26N2O3. The van der Waals surface area contributed by atoms with Gasteiger partial charge in [-0.25, -0.2) is 0 Å². The van der Waals surface area contributed by atoms with Crippen LogP contribution in [0.5, 0.6) is 0 Å². The molecule has 0 bridgehead atoms. The van der Waals surface area contributed by atoms with Gasteiger partial charge in [0.1, 0.15) is 5.76 Å². The maximum absolute atomic E-state index is 6.16. The van der Waals surface area contributed by atoms with Crippen LogP contribution < -0.4 is 0 Å². The van der Waals surface area contributed by atoms with Gasteiger partial charge in [0.25, 0.3) is 0 Å². The predicted molar refractivity (Wildman–Crippen MR) is 79.2 cm³/mol. The second-order valence-electron chi connectivity index (χ2n) is 6.36. The van der Waals surface area contributed by atoms with E-state index in [2.05, 4.69) is 10.1 Å². The lowest BCUT2D eigenvalue weighted by atomic mass is 9.81. The zero-order chi connectivity index (χ0) is 14.9. The SMILES string of the molecule is COC1CCCOC12CCN(Cc1c(C)noc1C)CC2. The van der Waals surface area contributed by atoms with E-state index in [-0.39, 0.29) is 11.7 Å². The number of piperidine rings is 1. The van der Waals surface area contributed by atoms with E-state index in [1.165, 1.54) is 5.56 Å². The quantitative estimate of drug-likeness (QED) is 0.857. The molecule has 1 aromatic heterocycles. The Hall–Kier alpha value is -0.910. The molecule has 2 saturated heterocycles. The minimum Gasteiger partial charge on any atom is -0.378 e. The highest BCUT2D eigenvalue weighted by Gasteiger charge is 2.44. The molecule has 0 N–H and O–H groups in total. The van der Waals surface area contributed by atoms with E-state index < -0.39 is 0 Å². The second kappa shape index (κ2) is 6.07. The highest BCUT2D eigenvalue weighted by molar-refractivity contribution is 5.20. The fraction of sp³-hybridized carbons (Fsp3) is 0.812. The van der Waals surface area contributed by atoms with E-state index >= 15 is 0 Å². The van der Waals surface area contributed by atoms with Gasteiger partial charge in [0.2, 0.25) is 0 Å². The summed E-state index contributed by atoms with van der Waals surface area (Å²) in [4.78, 5) is 2.47. The summed E-state index contributed by atoms with van der Waals surface area (Å²) in [5.74, 6) is 0.941. The molecule has 0 saturated carbocycles.